The molecule has 0 heterocycles. The van der Waals surface area contributed by atoms with Crippen molar-refractivity contribution >= 4 is 17.2 Å². The molecule has 0 aromatic heterocycles. The standard InChI is InChI=1S/C15H13NO2/c17-15(18)14(12-7-3-1-4-8-12)11-16-13-9-5-2-6-10-13/h1-11,16H,(H,17,18)/p-1/b14-11-. The van der Waals surface area contributed by atoms with Crippen LogP contribution in [0.5, 0.6) is 0 Å². The van der Waals surface area contributed by atoms with Gasteiger partial charge in [-0.2, -0.15) is 0 Å². The van der Waals surface area contributed by atoms with Crippen LogP contribution in [0.3, 0.4) is 0 Å². The van der Waals surface area contributed by atoms with Gasteiger partial charge in [0.1, 0.15) is 0 Å². The maximum Gasteiger partial charge on any atom is 0.0735 e. The summed E-state index contributed by atoms with van der Waals surface area (Å²) in [4.78, 5) is 11.1. The van der Waals surface area contributed by atoms with Crippen LogP contribution in [-0.2, 0) is 4.79 Å². The van der Waals surface area contributed by atoms with E-state index < -0.39 is 5.97 Å². The number of carbonyl (C=O) groups excluding carboxylic acids is 1. The number of nitrogens with one attached hydrogen (secondary N) is 1. The van der Waals surface area contributed by atoms with Gasteiger partial charge in [0.2, 0.25) is 0 Å². The molecular formula is C15H12NO2-. The van der Waals surface area contributed by atoms with E-state index in [0.29, 0.717) is 5.56 Å². The topological polar surface area (TPSA) is 52.2 Å². The number of carboxylic acids is 1. The van der Waals surface area contributed by atoms with Crippen molar-refractivity contribution in [1.82, 2.24) is 0 Å². The second-order valence-corrected chi connectivity index (χ2v) is 3.72. The van der Waals surface area contributed by atoms with Crippen LogP contribution in [-0.4, -0.2) is 5.97 Å². The van der Waals surface area contributed by atoms with Gasteiger partial charge in [-0.25, -0.2) is 0 Å². The van der Waals surface area contributed by atoms with Crippen LogP contribution in [0.15, 0.2) is 66.9 Å². The number of benzene rings is 2. The Labute approximate surface area is 105 Å². The summed E-state index contributed by atoms with van der Waals surface area (Å²) in [7, 11) is 0. The van der Waals surface area contributed by atoms with Crippen LogP contribution in [0, 0.1) is 0 Å². The zero-order valence-corrected chi connectivity index (χ0v) is 9.67. The molecule has 90 valence electrons. The van der Waals surface area contributed by atoms with Crippen LogP contribution >= 0.6 is 0 Å². The van der Waals surface area contributed by atoms with Crippen LogP contribution in [0.1, 0.15) is 5.56 Å². The molecule has 2 aromatic rings. The molecule has 0 aliphatic heterocycles. The van der Waals surface area contributed by atoms with Gasteiger partial charge in [0.15, 0.2) is 0 Å². The highest BCUT2D eigenvalue weighted by molar-refractivity contribution is 6.14. The zero-order chi connectivity index (χ0) is 12.8. The van der Waals surface area contributed by atoms with E-state index in [2.05, 4.69) is 5.32 Å². The Hall–Kier alpha value is -2.55. The van der Waals surface area contributed by atoms with E-state index in [9.17, 15) is 9.90 Å². The Kier molecular flexibility index (Phi) is 3.76. The highest BCUT2D eigenvalue weighted by Crippen LogP contribution is 2.14. The number of carboxylic acid groups (broad SMARTS) is 1. The van der Waals surface area contributed by atoms with Crippen molar-refractivity contribution in [3.05, 3.63) is 72.4 Å². The Balaban J connectivity index is 2.24. The molecule has 0 saturated heterocycles. The summed E-state index contributed by atoms with van der Waals surface area (Å²) >= 11 is 0. The maximum atomic E-state index is 11.1. The summed E-state index contributed by atoms with van der Waals surface area (Å²) in [6.07, 6.45) is 1.44. The highest BCUT2D eigenvalue weighted by atomic mass is 16.4. The maximum absolute atomic E-state index is 11.1. The minimum Gasteiger partial charge on any atom is -0.545 e. The molecule has 0 unspecified atom stereocenters. The second-order valence-electron chi connectivity index (χ2n) is 3.72. The first-order valence-electron chi connectivity index (χ1n) is 5.56. The number of carbonyl (C=O) groups is 1. The fraction of sp³-hybridized carbons (Fsp3) is 0. The summed E-state index contributed by atoms with van der Waals surface area (Å²) in [5.41, 5.74) is 1.56. The predicted octanol–water partition coefficient (Wildman–Crippen LogP) is 1.89. The molecule has 1 N–H and O–H groups in total. The molecular weight excluding hydrogens is 226 g/mol. The lowest BCUT2D eigenvalue weighted by molar-refractivity contribution is -0.295. The minimum atomic E-state index is -1.20. The molecule has 0 atom stereocenters. The molecule has 0 fully saturated rings. The van der Waals surface area contributed by atoms with E-state index >= 15 is 0 Å². The lowest BCUT2D eigenvalue weighted by Crippen LogP contribution is -2.24. The SMILES string of the molecule is O=C([O-])/C(=C\Nc1ccccc1)c1ccccc1. The van der Waals surface area contributed by atoms with E-state index in [1.54, 1.807) is 24.3 Å². The Morgan fingerprint density at radius 3 is 2.06 bits per heavy atom. The molecule has 2 aromatic carbocycles. The van der Waals surface area contributed by atoms with Crippen LogP contribution < -0.4 is 10.4 Å². The van der Waals surface area contributed by atoms with Crippen LogP contribution in [0.2, 0.25) is 0 Å². The normalized spacial score (nSPS) is 11.0. The molecule has 3 nitrogen and oxygen atoms in total. The van der Waals surface area contributed by atoms with Crippen molar-refractivity contribution in [3.8, 4) is 0 Å². The predicted molar refractivity (Wildman–Crippen MR) is 69.5 cm³/mol. The third kappa shape index (κ3) is 2.98. The average Bonchev–Trinajstić information content (AvgIpc) is 2.41. The van der Waals surface area contributed by atoms with Crippen molar-refractivity contribution in [2.24, 2.45) is 0 Å². The third-order valence-electron chi connectivity index (χ3n) is 2.46. The lowest BCUT2D eigenvalue weighted by Gasteiger charge is -2.10. The molecule has 0 radical (unpaired) electrons. The summed E-state index contributed by atoms with van der Waals surface area (Å²) in [6, 6.07) is 18.2. The molecule has 18 heavy (non-hydrogen) atoms. The van der Waals surface area contributed by atoms with Gasteiger partial charge in [0, 0.05) is 17.5 Å². The smallest absolute Gasteiger partial charge is 0.0735 e. The number of aliphatic carboxylic acids is 1. The Bertz CT molecular complexity index is 547. The van der Waals surface area contributed by atoms with Crippen molar-refractivity contribution in [2.75, 3.05) is 5.32 Å². The minimum absolute atomic E-state index is 0.124. The number of hydrogen-bond donors (Lipinski definition) is 1. The molecule has 0 aliphatic carbocycles. The van der Waals surface area contributed by atoms with E-state index in [-0.39, 0.29) is 5.57 Å². The molecule has 0 spiro atoms. The first-order valence-corrected chi connectivity index (χ1v) is 5.56. The largest absolute Gasteiger partial charge is 0.545 e. The monoisotopic (exact) mass is 238 g/mol. The fourth-order valence-electron chi connectivity index (χ4n) is 1.57. The molecule has 0 saturated carbocycles. The number of rotatable bonds is 4. The van der Waals surface area contributed by atoms with Gasteiger partial charge in [-0.15, -0.1) is 0 Å². The van der Waals surface area contributed by atoms with Crippen LogP contribution in [0.25, 0.3) is 5.57 Å². The van der Waals surface area contributed by atoms with E-state index in [4.69, 9.17) is 0 Å². The van der Waals surface area contributed by atoms with E-state index in [0.717, 1.165) is 5.69 Å². The number of para-hydroxylation sites is 1. The molecule has 2 rings (SSSR count). The lowest BCUT2D eigenvalue weighted by atomic mass is 10.1. The van der Waals surface area contributed by atoms with Gasteiger partial charge >= 0.3 is 0 Å². The van der Waals surface area contributed by atoms with Crippen LogP contribution in [0.4, 0.5) is 5.69 Å². The van der Waals surface area contributed by atoms with Gasteiger partial charge in [-0.05, 0) is 17.7 Å². The van der Waals surface area contributed by atoms with Gasteiger partial charge in [-0.3, -0.25) is 0 Å². The summed E-state index contributed by atoms with van der Waals surface area (Å²) in [5.74, 6) is -1.20. The Morgan fingerprint density at radius 1 is 0.944 bits per heavy atom. The summed E-state index contributed by atoms with van der Waals surface area (Å²) in [5, 5.41) is 14.0. The van der Waals surface area contributed by atoms with Crippen molar-refractivity contribution < 1.29 is 9.90 Å². The second kappa shape index (κ2) is 5.68. The van der Waals surface area contributed by atoms with Gasteiger partial charge in [0.25, 0.3) is 0 Å². The van der Waals surface area contributed by atoms with Crippen molar-refractivity contribution in [3.63, 3.8) is 0 Å². The average molecular weight is 238 g/mol. The highest BCUT2D eigenvalue weighted by Gasteiger charge is 2.01. The quantitative estimate of drug-likeness (QED) is 0.827. The first-order chi connectivity index (χ1) is 8.77. The summed E-state index contributed by atoms with van der Waals surface area (Å²) < 4.78 is 0. The van der Waals surface area contributed by atoms with E-state index in [1.807, 2.05) is 36.4 Å². The van der Waals surface area contributed by atoms with Gasteiger partial charge in [-0.1, -0.05) is 48.5 Å². The fourth-order valence-corrected chi connectivity index (χ4v) is 1.57. The zero-order valence-electron chi connectivity index (χ0n) is 9.67. The first kappa shape index (κ1) is 11.9. The summed E-state index contributed by atoms with van der Waals surface area (Å²) in [6.45, 7) is 0. The molecule has 0 bridgehead atoms. The van der Waals surface area contributed by atoms with Gasteiger partial charge in [0.05, 0.1) is 5.97 Å². The van der Waals surface area contributed by atoms with Crippen molar-refractivity contribution in [2.45, 2.75) is 0 Å². The molecule has 0 aliphatic rings. The molecule has 0 amide bonds. The number of hydrogen-bond acceptors (Lipinski definition) is 3. The molecule has 3 heteroatoms. The van der Waals surface area contributed by atoms with Crippen molar-refractivity contribution in [1.29, 1.82) is 0 Å². The third-order valence-corrected chi connectivity index (χ3v) is 2.46. The van der Waals surface area contributed by atoms with Gasteiger partial charge < -0.3 is 15.2 Å². The number of anilines is 1. The Morgan fingerprint density at radius 2 is 1.50 bits per heavy atom. The van der Waals surface area contributed by atoms with E-state index in [1.165, 1.54) is 6.20 Å².